The van der Waals surface area contributed by atoms with Crippen molar-refractivity contribution >= 4 is 17.1 Å². The van der Waals surface area contributed by atoms with E-state index in [1.165, 1.54) is 0 Å². The third-order valence-corrected chi connectivity index (χ3v) is 3.92. The first-order chi connectivity index (χ1) is 11.4. The number of rotatable bonds is 2. The van der Waals surface area contributed by atoms with Crippen LogP contribution in [0, 0.1) is 0 Å². The SMILES string of the molecule is CC(C)(C)NC(=O)N1CCC(Oc2cnc3ccccc3n2)CC1. The molecule has 0 aliphatic carbocycles. The van der Waals surface area contributed by atoms with Crippen molar-refractivity contribution in [2.75, 3.05) is 13.1 Å². The summed E-state index contributed by atoms with van der Waals surface area (Å²) in [6, 6.07) is 7.72. The first kappa shape index (κ1) is 16.5. The highest BCUT2D eigenvalue weighted by Gasteiger charge is 2.26. The molecular weight excluding hydrogens is 304 g/mol. The lowest BCUT2D eigenvalue weighted by Crippen LogP contribution is -2.51. The molecule has 1 aromatic carbocycles. The fraction of sp³-hybridized carbons (Fsp3) is 0.500. The fourth-order valence-corrected chi connectivity index (χ4v) is 2.74. The Kier molecular flexibility index (Phi) is 4.55. The van der Waals surface area contributed by atoms with Crippen molar-refractivity contribution in [1.82, 2.24) is 20.2 Å². The van der Waals surface area contributed by atoms with Crippen molar-refractivity contribution in [3.63, 3.8) is 0 Å². The summed E-state index contributed by atoms with van der Waals surface area (Å²) in [6.07, 6.45) is 3.33. The number of benzene rings is 1. The van der Waals surface area contributed by atoms with Gasteiger partial charge in [-0.3, -0.25) is 0 Å². The van der Waals surface area contributed by atoms with Crippen molar-refractivity contribution in [3.05, 3.63) is 30.5 Å². The van der Waals surface area contributed by atoms with Crippen LogP contribution in [0.5, 0.6) is 5.88 Å². The molecular formula is C18H24N4O2. The van der Waals surface area contributed by atoms with Gasteiger partial charge in [0.05, 0.1) is 17.2 Å². The fourth-order valence-electron chi connectivity index (χ4n) is 2.74. The maximum atomic E-state index is 12.2. The van der Waals surface area contributed by atoms with E-state index in [1.807, 2.05) is 49.9 Å². The molecule has 128 valence electrons. The van der Waals surface area contributed by atoms with Crippen LogP contribution in [0.15, 0.2) is 30.5 Å². The molecule has 0 radical (unpaired) electrons. The Hall–Kier alpha value is -2.37. The van der Waals surface area contributed by atoms with E-state index in [0.29, 0.717) is 19.0 Å². The van der Waals surface area contributed by atoms with E-state index in [0.717, 1.165) is 23.9 Å². The Morgan fingerprint density at radius 2 is 1.88 bits per heavy atom. The molecule has 24 heavy (non-hydrogen) atoms. The van der Waals surface area contributed by atoms with Crippen LogP contribution in [0.3, 0.4) is 0 Å². The van der Waals surface area contributed by atoms with Crippen LogP contribution >= 0.6 is 0 Å². The summed E-state index contributed by atoms with van der Waals surface area (Å²) in [4.78, 5) is 22.9. The minimum atomic E-state index is -0.217. The molecule has 1 aliphatic heterocycles. The highest BCUT2D eigenvalue weighted by Crippen LogP contribution is 2.19. The molecule has 3 rings (SSSR count). The number of para-hydroxylation sites is 2. The highest BCUT2D eigenvalue weighted by atomic mass is 16.5. The molecule has 0 bridgehead atoms. The predicted octanol–water partition coefficient (Wildman–Crippen LogP) is 2.98. The zero-order chi connectivity index (χ0) is 17.2. The van der Waals surface area contributed by atoms with Crippen molar-refractivity contribution in [3.8, 4) is 5.88 Å². The molecule has 6 nitrogen and oxygen atoms in total. The highest BCUT2D eigenvalue weighted by molar-refractivity contribution is 5.75. The Morgan fingerprint density at radius 1 is 1.21 bits per heavy atom. The van der Waals surface area contributed by atoms with Crippen molar-refractivity contribution in [2.45, 2.75) is 45.3 Å². The average molecular weight is 328 g/mol. The van der Waals surface area contributed by atoms with Gasteiger partial charge in [0.2, 0.25) is 5.88 Å². The Labute approximate surface area is 142 Å². The van der Waals surface area contributed by atoms with E-state index >= 15 is 0 Å². The minimum absolute atomic E-state index is 0.00792. The van der Waals surface area contributed by atoms with Gasteiger partial charge in [0.25, 0.3) is 0 Å². The molecule has 0 spiro atoms. The second-order valence-electron chi connectivity index (χ2n) is 7.18. The first-order valence-electron chi connectivity index (χ1n) is 8.36. The smallest absolute Gasteiger partial charge is 0.317 e. The number of carbonyl (C=O) groups is 1. The molecule has 1 N–H and O–H groups in total. The predicted molar refractivity (Wildman–Crippen MR) is 93.0 cm³/mol. The monoisotopic (exact) mass is 328 g/mol. The van der Waals surface area contributed by atoms with Gasteiger partial charge in [-0.05, 0) is 32.9 Å². The number of likely N-dealkylation sites (tertiary alicyclic amines) is 1. The number of urea groups is 1. The van der Waals surface area contributed by atoms with Crippen molar-refractivity contribution in [1.29, 1.82) is 0 Å². The van der Waals surface area contributed by atoms with Gasteiger partial charge in [-0.25, -0.2) is 14.8 Å². The summed E-state index contributed by atoms with van der Waals surface area (Å²) in [5, 5.41) is 3.00. The van der Waals surface area contributed by atoms with Crippen LogP contribution in [0.4, 0.5) is 4.79 Å². The molecule has 1 aromatic heterocycles. The molecule has 2 heterocycles. The molecule has 1 fully saturated rings. The van der Waals surface area contributed by atoms with Crippen molar-refractivity contribution in [2.24, 2.45) is 0 Å². The number of nitrogens with one attached hydrogen (secondary N) is 1. The molecule has 1 aliphatic rings. The van der Waals surface area contributed by atoms with Crippen LogP contribution in [-0.2, 0) is 0 Å². The van der Waals surface area contributed by atoms with Crippen LogP contribution < -0.4 is 10.1 Å². The van der Waals surface area contributed by atoms with Crippen LogP contribution in [0.1, 0.15) is 33.6 Å². The van der Waals surface area contributed by atoms with E-state index in [-0.39, 0.29) is 17.7 Å². The zero-order valence-electron chi connectivity index (χ0n) is 14.5. The molecule has 2 amide bonds. The number of amides is 2. The van der Waals surface area contributed by atoms with Crippen LogP contribution in [0.2, 0.25) is 0 Å². The Morgan fingerprint density at radius 3 is 2.54 bits per heavy atom. The van der Waals surface area contributed by atoms with Gasteiger partial charge in [-0.1, -0.05) is 12.1 Å². The number of ether oxygens (including phenoxy) is 1. The molecule has 0 atom stereocenters. The number of nitrogens with zero attached hydrogens (tertiary/aromatic N) is 3. The summed E-state index contributed by atoms with van der Waals surface area (Å²) >= 11 is 0. The minimum Gasteiger partial charge on any atom is -0.473 e. The molecule has 0 unspecified atom stereocenters. The summed E-state index contributed by atoms with van der Waals surface area (Å²) in [7, 11) is 0. The van der Waals surface area contributed by atoms with E-state index in [9.17, 15) is 4.79 Å². The normalized spacial score (nSPS) is 16.2. The molecule has 1 saturated heterocycles. The lowest BCUT2D eigenvalue weighted by molar-refractivity contribution is 0.105. The lowest BCUT2D eigenvalue weighted by Gasteiger charge is -2.34. The third-order valence-electron chi connectivity index (χ3n) is 3.92. The summed E-state index contributed by atoms with van der Waals surface area (Å²) < 4.78 is 5.96. The quantitative estimate of drug-likeness (QED) is 0.920. The molecule has 6 heteroatoms. The van der Waals surface area contributed by atoms with E-state index in [1.54, 1.807) is 6.20 Å². The van der Waals surface area contributed by atoms with Gasteiger partial charge in [0, 0.05) is 31.5 Å². The molecule has 2 aromatic rings. The zero-order valence-corrected chi connectivity index (χ0v) is 14.5. The van der Waals surface area contributed by atoms with Gasteiger partial charge in [0.15, 0.2) is 0 Å². The van der Waals surface area contributed by atoms with Crippen molar-refractivity contribution < 1.29 is 9.53 Å². The first-order valence-corrected chi connectivity index (χ1v) is 8.36. The lowest BCUT2D eigenvalue weighted by atomic mass is 10.1. The van der Waals surface area contributed by atoms with E-state index in [2.05, 4.69) is 15.3 Å². The summed E-state index contributed by atoms with van der Waals surface area (Å²) in [6.45, 7) is 7.33. The molecule has 0 saturated carbocycles. The number of carbonyl (C=O) groups excluding carboxylic acids is 1. The second-order valence-corrected chi connectivity index (χ2v) is 7.18. The standard InChI is InChI=1S/C18H24N4O2/c1-18(2,3)21-17(23)22-10-8-13(9-11-22)24-16-12-19-14-6-4-5-7-15(14)20-16/h4-7,12-13H,8-11H2,1-3H3,(H,21,23). The average Bonchev–Trinajstić information content (AvgIpc) is 2.54. The number of piperidine rings is 1. The number of aromatic nitrogens is 2. The number of hydrogen-bond acceptors (Lipinski definition) is 4. The van der Waals surface area contributed by atoms with Gasteiger partial charge < -0.3 is 15.0 Å². The summed E-state index contributed by atoms with van der Waals surface area (Å²) in [5.41, 5.74) is 1.47. The largest absolute Gasteiger partial charge is 0.473 e. The topological polar surface area (TPSA) is 67.4 Å². The summed E-state index contributed by atoms with van der Waals surface area (Å²) in [5.74, 6) is 0.547. The Bertz CT molecular complexity index is 718. The number of hydrogen-bond donors (Lipinski definition) is 1. The maximum Gasteiger partial charge on any atom is 0.317 e. The van der Waals surface area contributed by atoms with Gasteiger partial charge >= 0.3 is 6.03 Å². The third kappa shape index (κ3) is 4.13. The van der Waals surface area contributed by atoms with Crippen LogP contribution in [0.25, 0.3) is 11.0 Å². The van der Waals surface area contributed by atoms with Gasteiger partial charge in [-0.15, -0.1) is 0 Å². The number of fused-ring (bicyclic) bond motifs is 1. The Balaban J connectivity index is 1.55. The van der Waals surface area contributed by atoms with Gasteiger partial charge in [0.1, 0.15) is 6.10 Å². The second kappa shape index (κ2) is 6.63. The van der Waals surface area contributed by atoms with E-state index in [4.69, 9.17) is 4.74 Å². The van der Waals surface area contributed by atoms with Crippen LogP contribution in [-0.4, -0.2) is 45.6 Å². The van der Waals surface area contributed by atoms with E-state index < -0.39 is 0 Å². The van der Waals surface area contributed by atoms with Gasteiger partial charge in [-0.2, -0.15) is 0 Å². The maximum absolute atomic E-state index is 12.2.